The molecule has 0 aromatic rings. The fraction of sp³-hybridized carbons (Fsp3) is 0.929. The zero-order valence-electron chi connectivity index (χ0n) is 12.2. The first-order valence-corrected chi connectivity index (χ1v) is 7.13. The third-order valence-electron chi connectivity index (χ3n) is 2.96. The van der Waals surface area contributed by atoms with E-state index in [-0.39, 0.29) is 12.1 Å². The van der Waals surface area contributed by atoms with Crippen molar-refractivity contribution in [2.45, 2.75) is 46.6 Å². The summed E-state index contributed by atoms with van der Waals surface area (Å²) in [6, 6.07) is 0.0490. The number of hydrogen-bond donors (Lipinski definition) is 1. The van der Waals surface area contributed by atoms with Crippen LogP contribution in [-0.4, -0.2) is 43.3 Å². The van der Waals surface area contributed by atoms with Crippen LogP contribution in [0.5, 0.6) is 0 Å². The molecule has 4 heteroatoms. The number of nitrogens with zero attached hydrogens (tertiary/aromatic N) is 1. The minimum absolute atomic E-state index is 0.0490. The molecule has 0 saturated carbocycles. The molecule has 1 fully saturated rings. The Hall–Kier alpha value is -0.770. The van der Waals surface area contributed by atoms with Crippen molar-refractivity contribution < 1.29 is 9.53 Å². The van der Waals surface area contributed by atoms with Gasteiger partial charge in [-0.05, 0) is 24.7 Å². The van der Waals surface area contributed by atoms with E-state index in [9.17, 15) is 4.79 Å². The molecule has 0 aliphatic carbocycles. The highest BCUT2D eigenvalue weighted by Gasteiger charge is 2.19. The van der Waals surface area contributed by atoms with Crippen LogP contribution in [0.4, 0.5) is 4.79 Å². The molecular weight excluding hydrogens is 228 g/mol. The molecule has 18 heavy (non-hydrogen) atoms. The minimum atomic E-state index is 0.0490. The highest BCUT2D eigenvalue weighted by Crippen LogP contribution is 2.11. The predicted molar refractivity (Wildman–Crippen MR) is 73.6 cm³/mol. The van der Waals surface area contributed by atoms with Crippen LogP contribution in [-0.2, 0) is 4.74 Å². The monoisotopic (exact) mass is 256 g/mol. The molecule has 0 aromatic heterocycles. The van der Waals surface area contributed by atoms with Crippen molar-refractivity contribution >= 4 is 6.03 Å². The average molecular weight is 256 g/mol. The lowest BCUT2D eigenvalue weighted by atomic mass is 10.1. The van der Waals surface area contributed by atoms with Crippen molar-refractivity contribution in [3.63, 3.8) is 0 Å². The van der Waals surface area contributed by atoms with Gasteiger partial charge in [0, 0.05) is 26.2 Å². The van der Waals surface area contributed by atoms with Crippen molar-refractivity contribution in [1.29, 1.82) is 0 Å². The van der Waals surface area contributed by atoms with Crippen LogP contribution < -0.4 is 5.32 Å². The highest BCUT2D eigenvalue weighted by atomic mass is 16.5. The minimum Gasteiger partial charge on any atom is -0.376 e. The van der Waals surface area contributed by atoms with Gasteiger partial charge in [-0.1, -0.05) is 27.7 Å². The van der Waals surface area contributed by atoms with E-state index in [1.165, 1.54) is 0 Å². The lowest BCUT2D eigenvalue weighted by Gasteiger charge is -2.27. The van der Waals surface area contributed by atoms with Gasteiger partial charge in [-0.2, -0.15) is 0 Å². The molecule has 1 unspecified atom stereocenters. The van der Waals surface area contributed by atoms with Gasteiger partial charge in [-0.25, -0.2) is 4.79 Å². The van der Waals surface area contributed by atoms with Crippen molar-refractivity contribution in [2.75, 3.05) is 26.2 Å². The van der Waals surface area contributed by atoms with E-state index in [1.54, 1.807) is 0 Å². The summed E-state index contributed by atoms with van der Waals surface area (Å²) in [5.41, 5.74) is 0. The maximum Gasteiger partial charge on any atom is 0.317 e. The quantitative estimate of drug-likeness (QED) is 0.793. The number of carbonyl (C=O) groups excluding carboxylic acids is 1. The number of carbonyl (C=O) groups is 1. The molecule has 0 radical (unpaired) electrons. The predicted octanol–water partition coefficient (Wildman–Crippen LogP) is 2.49. The van der Waals surface area contributed by atoms with E-state index in [2.05, 4.69) is 33.0 Å². The molecule has 0 bridgehead atoms. The molecule has 1 aliphatic heterocycles. The van der Waals surface area contributed by atoms with Gasteiger partial charge in [0.15, 0.2) is 0 Å². The van der Waals surface area contributed by atoms with Crippen LogP contribution in [0.3, 0.4) is 0 Å². The summed E-state index contributed by atoms with van der Waals surface area (Å²) in [5, 5.41) is 3.00. The molecule has 4 nitrogen and oxygen atoms in total. The first kappa shape index (κ1) is 15.3. The Morgan fingerprint density at radius 3 is 2.33 bits per heavy atom. The van der Waals surface area contributed by atoms with E-state index < -0.39 is 0 Å². The second kappa shape index (κ2) is 7.62. The van der Waals surface area contributed by atoms with Crippen LogP contribution in [0.25, 0.3) is 0 Å². The van der Waals surface area contributed by atoms with Crippen LogP contribution in [0.15, 0.2) is 0 Å². The number of nitrogens with one attached hydrogen (secondary N) is 1. The van der Waals surface area contributed by atoms with Crippen LogP contribution in [0, 0.1) is 11.8 Å². The number of hydrogen-bond acceptors (Lipinski definition) is 2. The molecule has 1 heterocycles. The summed E-state index contributed by atoms with van der Waals surface area (Å²) in [4.78, 5) is 14.1. The maximum absolute atomic E-state index is 12.1. The summed E-state index contributed by atoms with van der Waals surface area (Å²) in [6.07, 6.45) is 2.39. The fourth-order valence-corrected chi connectivity index (χ4v) is 2.24. The Kier molecular flexibility index (Phi) is 6.47. The molecular formula is C14H28N2O2. The summed E-state index contributed by atoms with van der Waals surface area (Å²) >= 11 is 0. The van der Waals surface area contributed by atoms with E-state index in [0.29, 0.717) is 18.4 Å². The van der Waals surface area contributed by atoms with Gasteiger partial charge in [-0.3, -0.25) is 0 Å². The third kappa shape index (κ3) is 5.71. The fourth-order valence-electron chi connectivity index (χ4n) is 2.24. The van der Waals surface area contributed by atoms with Crippen LogP contribution >= 0.6 is 0 Å². The number of ether oxygens (including phenoxy) is 1. The number of rotatable bonds is 6. The molecule has 2 amide bonds. The van der Waals surface area contributed by atoms with Gasteiger partial charge in [0.1, 0.15) is 0 Å². The molecule has 1 atom stereocenters. The summed E-state index contributed by atoms with van der Waals surface area (Å²) in [5.74, 6) is 0.995. The summed E-state index contributed by atoms with van der Waals surface area (Å²) < 4.78 is 5.51. The Labute approximate surface area is 111 Å². The average Bonchev–Trinajstić information content (AvgIpc) is 2.76. The largest absolute Gasteiger partial charge is 0.376 e. The highest BCUT2D eigenvalue weighted by molar-refractivity contribution is 5.74. The van der Waals surface area contributed by atoms with Crippen LogP contribution in [0.1, 0.15) is 40.5 Å². The number of urea groups is 1. The Morgan fingerprint density at radius 1 is 1.28 bits per heavy atom. The zero-order valence-corrected chi connectivity index (χ0v) is 12.2. The van der Waals surface area contributed by atoms with Gasteiger partial charge in [-0.15, -0.1) is 0 Å². The normalized spacial score (nSPS) is 19.6. The van der Waals surface area contributed by atoms with E-state index in [4.69, 9.17) is 4.74 Å². The van der Waals surface area contributed by atoms with E-state index in [0.717, 1.165) is 32.5 Å². The van der Waals surface area contributed by atoms with Crippen molar-refractivity contribution in [3.05, 3.63) is 0 Å². The Bertz CT molecular complexity index is 238. The van der Waals surface area contributed by atoms with Gasteiger partial charge in [0.25, 0.3) is 0 Å². The van der Waals surface area contributed by atoms with Gasteiger partial charge >= 0.3 is 6.03 Å². The smallest absolute Gasteiger partial charge is 0.317 e. The lowest BCUT2D eigenvalue weighted by molar-refractivity contribution is 0.108. The topological polar surface area (TPSA) is 41.6 Å². The zero-order chi connectivity index (χ0) is 13.5. The first-order chi connectivity index (χ1) is 8.49. The number of amides is 2. The van der Waals surface area contributed by atoms with Gasteiger partial charge in [0.2, 0.25) is 0 Å². The van der Waals surface area contributed by atoms with E-state index >= 15 is 0 Å². The molecule has 1 saturated heterocycles. The standard InChI is InChI=1S/C14H28N2O2/c1-11(2)9-16(10-12(3)4)14(17)15-8-13-6-5-7-18-13/h11-13H,5-10H2,1-4H3,(H,15,17). The summed E-state index contributed by atoms with van der Waals surface area (Å²) in [7, 11) is 0. The molecule has 106 valence electrons. The molecule has 1 N–H and O–H groups in total. The second-order valence-corrected chi connectivity index (χ2v) is 6.01. The summed E-state index contributed by atoms with van der Waals surface area (Å²) in [6.45, 7) is 11.7. The Balaban J connectivity index is 2.36. The lowest BCUT2D eigenvalue weighted by Crippen LogP contribution is -2.45. The van der Waals surface area contributed by atoms with E-state index in [1.807, 2.05) is 4.90 Å². The first-order valence-electron chi connectivity index (χ1n) is 7.13. The van der Waals surface area contributed by atoms with Gasteiger partial charge in [0.05, 0.1) is 6.10 Å². The van der Waals surface area contributed by atoms with Gasteiger partial charge < -0.3 is 15.0 Å². The Morgan fingerprint density at radius 2 is 1.89 bits per heavy atom. The SMILES string of the molecule is CC(C)CN(CC(C)C)C(=O)NCC1CCCO1. The van der Waals surface area contributed by atoms with Crippen molar-refractivity contribution in [3.8, 4) is 0 Å². The van der Waals surface area contributed by atoms with Crippen LogP contribution in [0.2, 0.25) is 0 Å². The molecule has 0 spiro atoms. The maximum atomic E-state index is 12.1. The molecule has 1 aliphatic rings. The molecule has 1 rings (SSSR count). The van der Waals surface area contributed by atoms with Crippen molar-refractivity contribution in [1.82, 2.24) is 10.2 Å². The second-order valence-electron chi connectivity index (χ2n) is 6.01. The molecule has 0 aromatic carbocycles. The third-order valence-corrected chi connectivity index (χ3v) is 2.96. The van der Waals surface area contributed by atoms with Crippen molar-refractivity contribution in [2.24, 2.45) is 11.8 Å².